The van der Waals surface area contributed by atoms with Crippen LogP contribution in [0, 0.1) is 0 Å². The largest absolute Gasteiger partial charge is 0.389 e. The SMILES string of the molecule is OC(CNCCCl)COCc1ccccc1. The normalized spacial score (nSPS) is 12.6. The zero-order valence-corrected chi connectivity index (χ0v) is 9.99. The average Bonchev–Trinajstić information content (AvgIpc) is 2.31. The first-order chi connectivity index (χ1) is 7.83. The second-order valence-electron chi connectivity index (χ2n) is 3.55. The number of halogens is 1. The van der Waals surface area contributed by atoms with Gasteiger partial charge in [-0.05, 0) is 5.56 Å². The summed E-state index contributed by atoms with van der Waals surface area (Å²) < 4.78 is 5.39. The number of nitrogens with one attached hydrogen (secondary N) is 1. The first kappa shape index (κ1) is 13.5. The summed E-state index contributed by atoms with van der Waals surface area (Å²) in [6.07, 6.45) is -0.480. The number of hydrogen-bond donors (Lipinski definition) is 2. The minimum Gasteiger partial charge on any atom is -0.389 e. The van der Waals surface area contributed by atoms with Gasteiger partial charge in [-0.1, -0.05) is 30.3 Å². The van der Waals surface area contributed by atoms with Gasteiger partial charge in [0.15, 0.2) is 0 Å². The maximum Gasteiger partial charge on any atom is 0.0897 e. The number of benzene rings is 1. The van der Waals surface area contributed by atoms with Crippen molar-refractivity contribution < 1.29 is 9.84 Å². The van der Waals surface area contributed by atoms with Crippen LogP contribution < -0.4 is 5.32 Å². The van der Waals surface area contributed by atoms with E-state index in [0.717, 1.165) is 5.56 Å². The molecule has 2 N–H and O–H groups in total. The third kappa shape index (κ3) is 6.08. The Morgan fingerprint density at radius 1 is 1.31 bits per heavy atom. The highest BCUT2D eigenvalue weighted by Gasteiger charge is 2.03. The quantitative estimate of drug-likeness (QED) is 0.536. The van der Waals surface area contributed by atoms with Crippen LogP contribution in [0.3, 0.4) is 0 Å². The molecule has 0 aliphatic heterocycles. The molecule has 90 valence electrons. The number of hydrogen-bond acceptors (Lipinski definition) is 3. The lowest BCUT2D eigenvalue weighted by Gasteiger charge is -2.11. The summed E-state index contributed by atoms with van der Waals surface area (Å²) >= 11 is 5.49. The third-order valence-electron chi connectivity index (χ3n) is 2.07. The number of rotatable bonds is 8. The maximum atomic E-state index is 9.52. The Balaban J connectivity index is 2.06. The number of ether oxygens (including phenoxy) is 1. The molecular weight excluding hydrogens is 226 g/mol. The van der Waals surface area contributed by atoms with Gasteiger partial charge in [0.2, 0.25) is 0 Å². The van der Waals surface area contributed by atoms with Crippen LogP contribution in [0.5, 0.6) is 0 Å². The van der Waals surface area contributed by atoms with Gasteiger partial charge in [0.25, 0.3) is 0 Å². The molecule has 0 saturated carbocycles. The molecule has 1 atom stereocenters. The molecular formula is C12H18ClNO2. The van der Waals surface area contributed by atoms with Gasteiger partial charge in [0, 0.05) is 19.0 Å². The van der Waals surface area contributed by atoms with Gasteiger partial charge in [-0.15, -0.1) is 11.6 Å². The van der Waals surface area contributed by atoms with E-state index < -0.39 is 6.10 Å². The monoisotopic (exact) mass is 243 g/mol. The van der Waals surface area contributed by atoms with E-state index in [-0.39, 0.29) is 0 Å². The molecule has 0 radical (unpaired) electrons. The Labute approximate surface area is 101 Å². The van der Waals surface area contributed by atoms with E-state index in [2.05, 4.69) is 5.32 Å². The van der Waals surface area contributed by atoms with Crippen LogP contribution in [-0.2, 0) is 11.3 Å². The molecule has 1 unspecified atom stereocenters. The van der Waals surface area contributed by atoms with Crippen molar-refractivity contribution in [2.75, 3.05) is 25.6 Å². The van der Waals surface area contributed by atoms with Crippen LogP contribution in [0.4, 0.5) is 0 Å². The first-order valence-corrected chi connectivity index (χ1v) is 5.93. The molecule has 0 bridgehead atoms. The summed E-state index contributed by atoms with van der Waals surface area (Å²) in [5, 5.41) is 12.5. The standard InChI is InChI=1S/C12H18ClNO2/c13-6-7-14-8-12(15)10-16-9-11-4-2-1-3-5-11/h1-5,12,14-15H,6-10H2. The Morgan fingerprint density at radius 2 is 2.06 bits per heavy atom. The van der Waals surface area contributed by atoms with Gasteiger partial charge in [0.05, 0.1) is 19.3 Å². The second-order valence-corrected chi connectivity index (χ2v) is 3.93. The molecule has 0 aromatic heterocycles. The summed E-state index contributed by atoms with van der Waals surface area (Å²) in [5.41, 5.74) is 1.11. The molecule has 16 heavy (non-hydrogen) atoms. The van der Waals surface area contributed by atoms with Crippen molar-refractivity contribution >= 4 is 11.6 Å². The smallest absolute Gasteiger partial charge is 0.0897 e. The summed E-state index contributed by atoms with van der Waals surface area (Å²) in [4.78, 5) is 0. The zero-order chi connectivity index (χ0) is 11.6. The summed E-state index contributed by atoms with van der Waals surface area (Å²) in [6.45, 7) is 2.09. The van der Waals surface area contributed by atoms with Crippen molar-refractivity contribution in [1.82, 2.24) is 5.32 Å². The van der Waals surface area contributed by atoms with Gasteiger partial charge in [-0.25, -0.2) is 0 Å². The van der Waals surface area contributed by atoms with E-state index in [4.69, 9.17) is 16.3 Å². The van der Waals surface area contributed by atoms with E-state index in [1.54, 1.807) is 0 Å². The van der Waals surface area contributed by atoms with Crippen molar-refractivity contribution in [3.8, 4) is 0 Å². The number of aliphatic hydroxyl groups excluding tert-OH is 1. The fraction of sp³-hybridized carbons (Fsp3) is 0.500. The van der Waals surface area contributed by atoms with E-state index in [9.17, 15) is 5.11 Å². The second kappa shape index (κ2) is 8.53. The molecule has 0 heterocycles. The van der Waals surface area contributed by atoms with Gasteiger partial charge >= 0.3 is 0 Å². The van der Waals surface area contributed by atoms with Crippen LogP contribution >= 0.6 is 11.6 Å². The third-order valence-corrected chi connectivity index (χ3v) is 2.26. The summed E-state index contributed by atoms with van der Waals surface area (Å²) in [7, 11) is 0. The minimum atomic E-state index is -0.480. The van der Waals surface area contributed by atoms with Crippen molar-refractivity contribution in [2.45, 2.75) is 12.7 Å². The predicted octanol–water partition coefficient (Wildman–Crippen LogP) is 1.39. The first-order valence-electron chi connectivity index (χ1n) is 5.39. The van der Waals surface area contributed by atoms with E-state index in [0.29, 0.717) is 32.2 Å². The van der Waals surface area contributed by atoms with Crippen LogP contribution in [0.2, 0.25) is 0 Å². The molecule has 0 aliphatic carbocycles. The van der Waals surface area contributed by atoms with E-state index >= 15 is 0 Å². The molecule has 0 amide bonds. The minimum absolute atomic E-state index is 0.337. The van der Waals surface area contributed by atoms with E-state index in [1.807, 2.05) is 30.3 Å². The molecule has 1 aromatic rings. The van der Waals surface area contributed by atoms with Crippen LogP contribution in [0.1, 0.15) is 5.56 Å². The van der Waals surface area contributed by atoms with Crippen molar-refractivity contribution in [3.05, 3.63) is 35.9 Å². The van der Waals surface area contributed by atoms with Gasteiger partial charge in [-0.2, -0.15) is 0 Å². The molecule has 4 heteroatoms. The van der Waals surface area contributed by atoms with Gasteiger partial charge < -0.3 is 15.2 Å². The van der Waals surface area contributed by atoms with Crippen molar-refractivity contribution in [1.29, 1.82) is 0 Å². The van der Waals surface area contributed by atoms with Crippen LogP contribution in [0.15, 0.2) is 30.3 Å². The highest BCUT2D eigenvalue weighted by atomic mass is 35.5. The maximum absolute atomic E-state index is 9.52. The molecule has 0 saturated heterocycles. The topological polar surface area (TPSA) is 41.5 Å². The van der Waals surface area contributed by atoms with Crippen LogP contribution in [0.25, 0.3) is 0 Å². The van der Waals surface area contributed by atoms with Crippen LogP contribution in [-0.4, -0.2) is 36.8 Å². The molecule has 0 aliphatic rings. The Bertz CT molecular complexity index is 269. The van der Waals surface area contributed by atoms with Gasteiger partial charge in [-0.3, -0.25) is 0 Å². The molecule has 1 rings (SSSR count). The molecule has 3 nitrogen and oxygen atoms in total. The number of alkyl halides is 1. The lowest BCUT2D eigenvalue weighted by Crippen LogP contribution is -2.31. The average molecular weight is 244 g/mol. The summed E-state index contributed by atoms with van der Waals surface area (Å²) in [5.74, 6) is 0.553. The number of aliphatic hydroxyl groups is 1. The van der Waals surface area contributed by atoms with Crippen molar-refractivity contribution in [2.24, 2.45) is 0 Å². The fourth-order valence-corrected chi connectivity index (χ4v) is 1.42. The Kier molecular flexibility index (Phi) is 7.17. The molecule has 0 fully saturated rings. The highest BCUT2D eigenvalue weighted by molar-refractivity contribution is 6.18. The zero-order valence-electron chi connectivity index (χ0n) is 9.23. The molecule has 0 spiro atoms. The van der Waals surface area contributed by atoms with Gasteiger partial charge in [0.1, 0.15) is 0 Å². The lowest BCUT2D eigenvalue weighted by atomic mass is 10.2. The van der Waals surface area contributed by atoms with E-state index in [1.165, 1.54) is 0 Å². The predicted molar refractivity (Wildman–Crippen MR) is 65.7 cm³/mol. The lowest BCUT2D eigenvalue weighted by molar-refractivity contribution is 0.0291. The van der Waals surface area contributed by atoms with Crippen molar-refractivity contribution in [3.63, 3.8) is 0 Å². The Hall–Kier alpha value is -0.610. The molecule has 1 aromatic carbocycles. The Morgan fingerprint density at radius 3 is 2.75 bits per heavy atom. The summed E-state index contributed by atoms with van der Waals surface area (Å²) in [6, 6.07) is 9.90. The highest BCUT2D eigenvalue weighted by Crippen LogP contribution is 2.00. The fourth-order valence-electron chi connectivity index (χ4n) is 1.28.